The number of methoxy groups -OCH3 is 1. The highest BCUT2D eigenvalue weighted by Crippen LogP contribution is 2.35. The molecule has 1 aliphatic heterocycles. The van der Waals surface area contributed by atoms with Crippen LogP contribution in [0.15, 0.2) is 83.8 Å². The molecule has 4 rings (SSSR count). The molecule has 33 heavy (non-hydrogen) atoms. The minimum atomic E-state index is 0.198. The molecular formula is C28H34N2O2S. The fourth-order valence-corrected chi connectivity index (χ4v) is 5.54. The molecule has 3 N–H and O–H groups in total. The summed E-state index contributed by atoms with van der Waals surface area (Å²) in [5.74, 6) is 1.47. The maximum atomic E-state index is 9.76. The predicted octanol–water partition coefficient (Wildman–Crippen LogP) is 4.68. The summed E-state index contributed by atoms with van der Waals surface area (Å²) in [6.07, 6.45) is 2.87. The zero-order valence-electron chi connectivity index (χ0n) is 19.4. The molecule has 1 saturated heterocycles. The van der Waals surface area contributed by atoms with Crippen LogP contribution in [0.25, 0.3) is 0 Å². The first kappa shape index (κ1) is 23.8. The van der Waals surface area contributed by atoms with Crippen molar-refractivity contribution >= 4 is 11.8 Å². The molecule has 1 heterocycles. The molecule has 0 bridgehead atoms. The highest BCUT2D eigenvalue weighted by Gasteiger charge is 2.40. The molecule has 3 aromatic carbocycles. The van der Waals surface area contributed by atoms with Gasteiger partial charge >= 0.3 is 0 Å². The number of hydrogen-bond acceptors (Lipinski definition) is 5. The number of rotatable bonds is 10. The third-order valence-corrected chi connectivity index (χ3v) is 7.43. The van der Waals surface area contributed by atoms with Gasteiger partial charge in [-0.05, 0) is 54.5 Å². The maximum absolute atomic E-state index is 9.76. The number of benzene rings is 3. The van der Waals surface area contributed by atoms with Crippen molar-refractivity contribution in [1.82, 2.24) is 10.6 Å². The van der Waals surface area contributed by atoms with E-state index in [4.69, 9.17) is 4.74 Å². The smallest absolute Gasteiger partial charge is 0.123 e. The first-order valence-electron chi connectivity index (χ1n) is 11.6. The monoisotopic (exact) mass is 462 g/mol. The van der Waals surface area contributed by atoms with E-state index in [9.17, 15) is 5.11 Å². The second-order valence-corrected chi connectivity index (χ2v) is 9.47. The summed E-state index contributed by atoms with van der Waals surface area (Å²) in [7, 11) is 1.73. The van der Waals surface area contributed by atoms with E-state index in [1.807, 2.05) is 0 Å². The molecule has 0 radical (unpaired) electrons. The van der Waals surface area contributed by atoms with Crippen molar-refractivity contribution in [1.29, 1.82) is 0 Å². The van der Waals surface area contributed by atoms with E-state index < -0.39 is 0 Å². The summed E-state index contributed by atoms with van der Waals surface area (Å²) in [5.41, 5.74) is 3.77. The molecule has 1 fully saturated rings. The van der Waals surface area contributed by atoms with Crippen LogP contribution < -0.4 is 15.4 Å². The minimum Gasteiger partial charge on any atom is -0.496 e. The Kier molecular flexibility index (Phi) is 8.46. The highest BCUT2D eigenvalue weighted by molar-refractivity contribution is 7.98. The molecule has 1 aliphatic rings. The van der Waals surface area contributed by atoms with Gasteiger partial charge in [-0.2, -0.15) is 0 Å². The molecule has 4 nitrogen and oxygen atoms in total. The molecule has 0 aliphatic carbocycles. The molecule has 3 aromatic rings. The van der Waals surface area contributed by atoms with Gasteiger partial charge in [0.1, 0.15) is 5.75 Å². The second kappa shape index (κ2) is 11.7. The molecular weight excluding hydrogens is 428 g/mol. The number of hydrogen-bond donors (Lipinski definition) is 3. The number of thioether (sulfide) groups is 1. The van der Waals surface area contributed by atoms with Gasteiger partial charge in [-0.3, -0.25) is 0 Å². The van der Waals surface area contributed by atoms with Gasteiger partial charge in [-0.15, -0.1) is 11.8 Å². The van der Waals surface area contributed by atoms with Gasteiger partial charge < -0.3 is 20.5 Å². The normalized spacial score (nSPS) is 20.3. The molecule has 174 valence electrons. The van der Waals surface area contributed by atoms with Crippen LogP contribution in [0.5, 0.6) is 5.75 Å². The fraction of sp³-hybridized carbons (Fsp3) is 0.357. The molecule has 5 heteroatoms. The molecule has 0 spiro atoms. The Balaban J connectivity index is 1.65. The first-order chi connectivity index (χ1) is 16.2. The van der Waals surface area contributed by atoms with E-state index in [1.54, 1.807) is 18.9 Å². The van der Waals surface area contributed by atoms with Crippen LogP contribution in [0.2, 0.25) is 0 Å². The van der Waals surface area contributed by atoms with Crippen molar-refractivity contribution < 1.29 is 9.84 Å². The van der Waals surface area contributed by atoms with Crippen LogP contribution in [-0.4, -0.2) is 43.7 Å². The predicted molar refractivity (Wildman–Crippen MR) is 137 cm³/mol. The Morgan fingerprint density at radius 1 is 1.03 bits per heavy atom. The molecule has 0 amide bonds. The van der Waals surface area contributed by atoms with Crippen molar-refractivity contribution in [2.24, 2.45) is 5.92 Å². The van der Waals surface area contributed by atoms with Crippen LogP contribution >= 0.6 is 11.8 Å². The van der Waals surface area contributed by atoms with Crippen molar-refractivity contribution in [3.8, 4) is 5.75 Å². The molecule has 3 atom stereocenters. The standard InChI is InChI=1S/C28H34N2O2S/c1-32-25-14-13-24(33-2)17-23(25)19-29-27-22(15-16-31)18-30-28(27)26(20-9-5-3-6-10-20)21-11-7-4-8-12-21/h3-14,17,22,26-31H,15-16,18-19H2,1-2H3. The van der Waals surface area contributed by atoms with E-state index in [0.29, 0.717) is 5.92 Å². The first-order valence-corrected chi connectivity index (χ1v) is 12.9. The van der Waals surface area contributed by atoms with Crippen molar-refractivity contribution in [3.63, 3.8) is 0 Å². The zero-order chi connectivity index (χ0) is 23.0. The lowest BCUT2D eigenvalue weighted by atomic mass is 9.80. The maximum Gasteiger partial charge on any atom is 0.123 e. The van der Waals surface area contributed by atoms with Gasteiger partial charge in [0.25, 0.3) is 0 Å². The molecule has 3 unspecified atom stereocenters. The topological polar surface area (TPSA) is 53.5 Å². The minimum absolute atomic E-state index is 0.198. The average molecular weight is 463 g/mol. The average Bonchev–Trinajstić information content (AvgIpc) is 3.26. The lowest BCUT2D eigenvalue weighted by Crippen LogP contribution is -2.46. The summed E-state index contributed by atoms with van der Waals surface area (Å²) in [6, 6.07) is 28.3. The summed E-state index contributed by atoms with van der Waals surface area (Å²) in [6.45, 7) is 1.81. The second-order valence-electron chi connectivity index (χ2n) is 8.59. The Morgan fingerprint density at radius 3 is 2.27 bits per heavy atom. The lowest BCUT2D eigenvalue weighted by molar-refractivity contribution is 0.241. The van der Waals surface area contributed by atoms with Crippen LogP contribution in [-0.2, 0) is 6.54 Å². The van der Waals surface area contributed by atoms with Crippen LogP contribution in [0.1, 0.15) is 29.0 Å². The van der Waals surface area contributed by atoms with E-state index in [1.165, 1.54) is 16.0 Å². The Bertz CT molecular complexity index is 960. The lowest BCUT2D eigenvalue weighted by Gasteiger charge is -2.32. The van der Waals surface area contributed by atoms with Crippen LogP contribution in [0.4, 0.5) is 0 Å². The third kappa shape index (κ3) is 5.61. The zero-order valence-corrected chi connectivity index (χ0v) is 20.2. The molecule has 0 aromatic heterocycles. The third-order valence-electron chi connectivity index (χ3n) is 6.70. The number of aliphatic hydroxyl groups is 1. The summed E-state index contributed by atoms with van der Waals surface area (Å²) in [5, 5.41) is 17.4. The van der Waals surface area contributed by atoms with E-state index in [0.717, 1.165) is 30.8 Å². The Hall–Kier alpha value is -2.31. The Morgan fingerprint density at radius 2 is 1.70 bits per heavy atom. The largest absolute Gasteiger partial charge is 0.496 e. The van der Waals surface area contributed by atoms with Crippen molar-refractivity contribution in [3.05, 3.63) is 95.6 Å². The summed E-state index contributed by atoms with van der Waals surface area (Å²) in [4.78, 5) is 1.23. The van der Waals surface area contributed by atoms with Gasteiger partial charge in [-0.25, -0.2) is 0 Å². The highest BCUT2D eigenvalue weighted by atomic mass is 32.2. The quantitative estimate of drug-likeness (QED) is 0.382. The fourth-order valence-electron chi connectivity index (χ4n) is 5.08. The summed E-state index contributed by atoms with van der Waals surface area (Å²) < 4.78 is 5.64. The van der Waals surface area contributed by atoms with Gasteiger partial charge in [-0.1, -0.05) is 60.7 Å². The summed E-state index contributed by atoms with van der Waals surface area (Å²) >= 11 is 1.74. The van der Waals surface area contributed by atoms with Crippen molar-refractivity contribution in [2.75, 3.05) is 26.5 Å². The van der Waals surface area contributed by atoms with Crippen LogP contribution in [0, 0.1) is 5.92 Å². The van der Waals surface area contributed by atoms with Gasteiger partial charge in [0, 0.05) is 41.6 Å². The number of ether oxygens (including phenoxy) is 1. The van der Waals surface area contributed by atoms with Crippen molar-refractivity contribution in [2.45, 2.75) is 35.9 Å². The van der Waals surface area contributed by atoms with E-state index in [-0.39, 0.29) is 24.6 Å². The molecule has 0 saturated carbocycles. The van der Waals surface area contributed by atoms with E-state index >= 15 is 0 Å². The SMILES string of the molecule is COc1ccc(SC)cc1CNC1C(CCO)CNC1C(c1ccccc1)c1ccccc1. The van der Waals surface area contributed by atoms with Crippen LogP contribution in [0.3, 0.4) is 0 Å². The Labute approximate surface area is 201 Å². The van der Waals surface area contributed by atoms with Gasteiger partial charge in [0.2, 0.25) is 0 Å². The van der Waals surface area contributed by atoms with E-state index in [2.05, 4.69) is 95.8 Å². The number of aliphatic hydroxyl groups excluding tert-OH is 1. The van der Waals surface area contributed by atoms with Gasteiger partial charge in [0.05, 0.1) is 7.11 Å². The van der Waals surface area contributed by atoms with Gasteiger partial charge in [0.15, 0.2) is 0 Å². The number of nitrogens with one attached hydrogen (secondary N) is 2.